The van der Waals surface area contributed by atoms with Gasteiger partial charge in [-0.2, -0.15) is 0 Å². The minimum atomic E-state index is -0.708. The second-order valence-electron chi connectivity index (χ2n) is 5.98. The smallest absolute Gasteiger partial charge is 0.165 e. The molecule has 0 aliphatic carbocycles. The largest absolute Gasteiger partial charge is 0.504 e. The molecule has 0 unspecified atom stereocenters. The minimum Gasteiger partial charge on any atom is -0.504 e. The van der Waals surface area contributed by atoms with E-state index in [1.54, 1.807) is 42.5 Å². The van der Waals surface area contributed by atoms with Gasteiger partial charge in [-0.1, -0.05) is 24.3 Å². The molecule has 0 spiro atoms. The van der Waals surface area contributed by atoms with Crippen molar-refractivity contribution in [3.8, 4) is 28.4 Å². The highest BCUT2D eigenvalue weighted by Crippen LogP contribution is 2.43. The van der Waals surface area contributed by atoms with Gasteiger partial charge in [-0.05, 0) is 29.3 Å². The zero-order valence-corrected chi connectivity index (χ0v) is 14.7. The summed E-state index contributed by atoms with van der Waals surface area (Å²) in [5, 5.41) is 29.8. The lowest BCUT2D eigenvalue weighted by molar-refractivity contribution is 0.136. The molecule has 1 aliphatic heterocycles. The normalized spacial score (nSPS) is 17.3. The number of aromatic hydroxyl groups is 1. The number of hydrogen-bond acceptors (Lipinski definition) is 6. The second-order valence-corrected chi connectivity index (χ2v) is 5.98. The van der Waals surface area contributed by atoms with Crippen LogP contribution in [0.5, 0.6) is 17.2 Å². The predicted molar refractivity (Wildman–Crippen MR) is 97.5 cm³/mol. The van der Waals surface area contributed by atoms with Crippen molar-refractivity contribution in [3.63, 3.8) is 0 Å². The third-order valence-corrected chi connectivity index (χ3v) is 4.30. The highest BCUT2D eigenvalue weighted by molar-refractivity contribution is 5.80. The van der Waals surface area contributed by atoms with Crippen molar-refractivity contribution in [1.82, 2.24) is 0 Å². The number of epoxide rings is 1. The molecule has 1 heterocycles. The zero-order valence-electron chi connectivity index (χ0n) is 14.7. The minimum absolute atomic E-state index is 0.00854. The van der Waals surface area contributed by atoms with Crippen molar-refractivity contribution in [2.75, 3.05) is 27.4 Å². The van der Waals surface area contributed by atoms with Gasteiger partial charge in [0, 0.05) is 11.1 Å². The van der Waals surface area contributed by atoms with E-state index in [4.69, 9.17) is 19.3 Å². The molecule has 2 aromatic rings. The molecule has 0 amide bonds. The molecule has 2 aromatic carbocycles. The van der Waals surface area contributed by atoms with Crippen LogP contribution >= 0.6 is 0 Å². The van der Waals surface area contributed by atoms with Crippen LogP contribution in [0.25, 0.3) is 17.2 Å². The molecular formula is C20H22O6. The Morgan fingerprint density at radius 2 is 1.88 bits per heavy atom. The Morgan fingerprint density at radius 1 is 1.15 bits per heavy atom. The fourth-order valence-corrected chi connectivity index (χ4v) is 2.84. The molecule has 1 aliphatic rings. The lowest BCUT2D eigenvalue weighted by atomic mass is 9.97. The molecule has 0 saturated carbocycles. The summed E-state index contributed by atoms with van der Waals surface area (Å²) in [6, 6.07) is 8.77. The predicted octanol–water partition coefficient (Wildman–Crippen LogP) is 2.51. The van der Waals surface area contributed by atoms with Crippen molar-refractivity contribution < 1.29 is 29.5 Å². The number of hydrogen-bond donors (Lipinski definition) is 3. The maximum absolute atomic E-state index is 10.6. The first-order valence-corrected chi connectivity index (χ1v) is 8.25. The Kier molecular flexibility index (Phi) is 5.46. The van der Waals surface area contributed by atoms with Crippen LogP contribution in [-0.4, -0.2) is 48.9 Å². The Balaban J connectivity index is 2.08. The highest BCUT2D eigenvalue weighted by atomic mass is 16.6. The SMILES string of the molecule is COc1cc([C@@H](O)[C@@H]2CO2)ccc1-c1cc(C=CCO)cc(OC)c1O. The van der Waals surface area contributed by atoms with Gasteiger partial charge in [0.1, 0.15) is 18.0 Å². The molecule has 1 saturated heterocycles. The van der Waals surface area contributed by atoms with Gasteiger partial charge in [0.2, 0.25) is 0 Å². The molecule has 26 heavy (non-hydrogen) atoms. The molecule has 1 fully saturated rings. The van der Waals surface area contributed by atoms with E-state index >= 15 is 0 Å². The van der Waals surface area contributed by atoms with Gasteiger partial charge in [0.15, 0.2) is 11.5 Å². The van der Waals surface area contributed by atoms with E-state index in [9.17, 15) is 10.2 Å². The van der Waals surface area contributed by atoms with E-state index in [-0.39, 0.29) is 18.5 Å². The van der Waals surface area contributed by atoms with E-state index < -0.39 is 6.10 Å². The first-order valence-electron chi connectivity index (χ1n) is 8.25. The van der Waals surface area contributed by atoms with E-state index in [2.05, 4.69) is 0 Å². The maximum atomic E-state index is 10.6. The van der Waals surface area contributed by atoms with Gasteiger partial charge < -0.3 is 29.5 Å². The van der Waals surface area contributed by atoms with E-state index in [0.29, 0.717) is 34.8 Å². The van der Waals surface area contributed by atoms with Crippen LogP contribution in [0.15, 0.2) is 36.4 Å². The first kappa shape index (κ1) is 18.3. The highest BCUT2D eigenvalue weighted by Gasteiger charge is 2.32. The molecule has 3 N–H and O–H groups in total. The Morgan fingerprint density at radius 3 is 2.50 bits per heavy atom. The van der Waals surface area contributed by atoms with Gasteiger partial charge in [-0.25, -0.2) is 0 Å². The van der Waals surface area contributed by atoms with Gasteiger partial charge in [0.05, 0.1) is 27.4 Å². The average Bonchev–Trinajstić information content (AvgIpc) is 3.51. The number of methoxy groups -OCH3 is 2. The molecule has 0 bridgehead atoms. The number of benzene rings is 2. The Hall–Kier alpha value is -2.54. The number of aliphatic hydroxyl groups is 2. The molecule has 6 nitrogen and oxygen atoms in total. The van der Waals surface area contributed by atoms with Crippen molar-refractivity contribution in [2.24, 2.45) is 0 Å². The Bertz CT molecular complexity index is 810. The summed E-state index contributed by atoms with van der Waals surface area (Å²) in [7, 11) is 3.01. The average molecular weight is 358 g/mol. The number of phenols is 1. The molecule has 138 valence electrons. The molecular weight excluding hydrogens is 336 g/mol. The molecule has 6 heteroatoms. The summed E-state index contributed by atoms with van der Waals surface area (Å²) in [6.07, 6.45) is 2.45. The van der Waals surface area contributed by atoms with Crippen molar-refractivity contribution in [1.29, 1.82) is 0 Å². The monoisotopic (exact) mass is 358 g/mol. The van der Waals surface area contributed by atoms with E-state index in [1.807, 2.05) is 0 Å². The third kappa shape index (κ3) is 3.67. The lowest BCUT2D eigenvalue weighted by Crippen LogP contribution is -2.05. The molecule has 3 rings (SSSR count). The third-order valence-electron chi connectivity index (χ3n) is 4.30. The van der Waals surface area contributed by atoms with Crippen LogP contribution < -0.4 is 9.47 Å². The van der Waals surface area contributed by atoms with Crippen molar-refractivity contribution in [3.05, 3.63) is 47.5 Å². The van der Waals surface area contributed by atoms with Crippen molar-refractivity contribution in [2.45, 2.75) is 12.2 Å². The summed E-state index contributed by atoms with van der Waals surface area (Å²) in [5.74, 6) is 0.825. The number of phenolic OH excluding ortho intramolecular Hbond substituents is 1. The molecule has 0 aromatic heterocycles. The quantitative estimate of drug-likeness (QED) is 0.659. The summed E-state index contributed by atoms with van der Waals surface area (Å²) in [4.78, 5) is 0. The van der Waals surface area contributed by atoms with Crippen LogP contribution in [-0.2, 0) is 4.74 Å². The van der Waals surface area contributed by atoms with Crippen LogP contribution in [0, 0.1) is 0 Å². The second kappa shape index (κ2) is 7.78. The maximum Gasteiger partial charge on any atom is 0.165 e. The number of aliphatic hydroxyl groups excluding tert-OH is 2. The van der Waals surface area contributed by atoms with Crippen molar-refractivity contribution >= 4 is 6.08 Å². The Labute approximate surface area is 151 Å². The standard InChI is InChI=1S/C20H22O6/c1-24-16-10-13(19(22)18-11-26-18)5-6-14(16)15-8-12(4-3-7-21)9-17(25-2)20(15)23/h3-6,8-10,18-19,21-23H,7,11H2,1-2H3/t18-,19+/m0/s1. The van der Waals surface area contributed by atoms with Gasteiger partial charge in [-0.15, -0.1) is 0 Å². The first-order chi connectivity index (χ1) is 12.6. The van der Waals surface area contributed by atoms with E-state index in [0.717, 1.165) is 5.56 Å². The summed E-state index contributed by atoms with van der Waals surface area (Å²) in [6.45, 7) is 0.458. The van der Waals surface area contributed by atoms with Crippen LogP contribution in [0.2, 0.25) is 0 Å². The summed E-state index contributed by atoms with van der Waals surface area (Å²) < 4.78 is 15.9. The summed E-state index contributed by atoms with van der Waals surface area (Å²) in [5.41, 5.74) is 2.65. The molecule has 0 radical (unpaired) electrons. The fraction of sp³-hybridized carbons (Fsp3) is 0.300. The number of rotatable bonds is 7. The van der Waals surface area contributed by atoms with Gasteiger partial charge in [0.25, 0.3) is 0 Å². The molecule has 2 atom stereocenters. The number of ether oxygens (including phenoxy) is 3. The lowest BCUT2D eigenvalue weighted by Gasteiger charge is -2.16. The van der Waals surface area contributed by atoms with Crippen LogP contribution in [0.3, 0.4) is 0 Å². The topological polar surface area (TPSA) is 91.7 Å². The fourth-order valence-electron chi connectivity index (χ4n) is 2.84. The van der Waals surface area contributed by atoms with Crippen LogP contribution in [0.1, 0.15) is 17.2 Å². The van der Waals surface area contributed by atoms with E-state index in [1.165, 1.54) is 14.2 Å². The van der Waals surface area contributed by atoms with Gasteiger partial charge in [-0.3, -0.25) is 0 Å². The summed E-state index contributed by atoms with van der Waals surface area (Å²) >= 11 is 0. The van der Waals surface area contributed by atoms with Crippen LogP contribution in [0.4, 0.5) is 0 Å². The van der Waals surface area contributed by atoms with Gasteiger partial charge >= 0.3 is 0 Å². The zero-order chi connectivity index (χ0) is 18.7.